The summed E-state index contributed by atoms with van der Waals surface area (Å²) in [6.07, 6.45) is 4.82. The van der Waals surface area contributed by atoms with Crippen molar-refractivity contribution in [3.63, 3.8) is 0 Å². The molecule has 228 valence electrons. The second kappa shape index (κ2) is 12.0. The predicted molar refractivity (Wildman–Crippen MR) is 165 cm³/mol. The summed E-state index contributed by atoms with van der Waals surface area (Å²) in [6.45, 7) is 5.77. The number of nitrogens with one attached hydrogen (secondary N) is 1. The SMILES string of the molecule is CCC(C)C1(Cc2nnnn2C)CCN(C(=O)[C@@H](Cc2ccc(Cl)cc2)NC(=O)C2C3CC(c4ccccc43)C2N)CC1. The first-order valence-corrected chi connectivity index (χ1v) is 16.0. The molecule has 6 rings (SSSR count). The molecule has 10 heteroatoms. The Morgan fingerprint density at radius 1 is 1.09 bits per heavy atom. The van der Waals surface area contributed by atoms with Crippen LogP contribution in [0.3, 0.4) is 0 Å². The van der Waals surface area contributed by atoms with Crippen LogP contribution in [0.4, 0.5) is 0 Å². The zero-order valence-electron chi connectivity index (χ0n) is 25.2. The normalized spacial score (nSPS) is 25.3. The smallest absolute Gasteiger partial charge is 0.245 e. The maximum atomic E-state index is 14.2. The number of nitrogens with two attached hydrogens (primary N) is 1. The third-order valence-electron chi connectivity index (χ3n) is 10.8. The Hall–Kier alpha value is -3.30. The van der Waals surface area contributed by atoms with Crippen LogP contribution < -0.4 is 11.1 Å². The van der Waals surface area contributed by atoms with Gasteiger partial charge in [-0.25, -0.2) is 4.68 Å². The van der Waals surface area contributed by atoms with Gasteiger partial charge in [0.2, 0.25) is 11.8 Å². The highest BCUT2D eigenvalue weighted by Gasteiger charge is 2.52. The minimum absolute atomic E-state index is 0.00612. The van der Waals surface area contributed by atoms with Crippen molar-refractivity contribution in [3.05, 3.63) is 76.1 Å². The van der Waals surface area contributed by atoms with Crippen molar-refractivity contribution < 1.29 is 9.59 Å². The number of aryl methyl sites for hydroxylation is 1. The van der Waals surface area contributed by atoms with Crippen LogP contribution in [-0.4, -0.2) is 62.1 Å². The van der Waals surface area contributed by atoms with Gasteiger partial charge in [0, 0.05) is 50.0 Å². The summed E-state index contributed by atoms with van der Waals surface area (Å²) in [5.41, 5.74) is 10.1. The number of fused-ring (bicyclic) bond motifs is 5. The van der Waals surface area contributed by atoms with Crippen LogP contribution in [-0.2, 0) is 29.5 Å². The average molecular weight is 604 g/mol. The Morgan fingerprint density at radius 2 is 1.77 bits per heavy atom. The van der Waals surface area contributed by atoms with E-state index < -0.39 is 6.04 Å². The minimum atomic E-state index is -0.686. The third kappa shape index (κ3) is 5.57. The first-order valence-electron chi connectivity index (χ1n) is 15.6. The average Bonchev–Trinajstić information content (AvgIpc) is 3.70. The minimum Gasteiger partial charge on any atom is -0.344 e. The molecule has 3 aromatic rings. The van der Waals surface area contributed by atoms with Crippen molar-refractivity contribution in [1.29, 1.82) is 0 Å². The molecule has 2 amide bonds. The second-order valence-corrected chi connectivity index (χ2v) is 13.4. The number of carbonyl (C=O) groups is 2. The van der Waals surface area contributed by atoms with E-state index in [2.05, 4.69) is 46.8 Å². The van der Waals surface area contributed by atoms with Crippen LogP contribution in [0.1, 0.15) is 73.9 Å². The summed E-state index contributed by atoms with van der Waals surface area (Å²) in [4.78, 5) is 30.1. The van der Waals surface area contributed by atoms with Gasteiger partial charge >= 0.3 is 0 Å². The Bertz CT molecular complexity index is 1470. The van der Waals surface area contributed by atoms with Crippen molar-refractivity contribution in [2.45, 2.75) is 76.3 Å². The van der Waals surface area contributed by atoms with Gasteiger partial charge in [0.15, 0.2) is 5.82 Å². The van der Waals surface area contributed by atoms with E-state index in [1.807, 2.05) is 48.3 Å². The highest BCUT2D eigenvalue weighted by atomic mass is 35.5. The van der Waals surface area contributed by atoms with Crippen molar-refractivity contribution >= 4 is 23.4 Å². The fourth-order valence-corrected chi connectivity index (χ4v) is 8.13. The van der Waals surface area contributed by atoms with Crippen LogP contribution in [0.2, 0.25) is 5.02 Å². The van der Waals surface area contributed by atoms with Crippen LogP contribution in [0.5, 0.6) is 0 Å². The molecule has 1 saturated carbocycles. The van der Waals surface area contributed by atoms with Crippen LogP contribution in [0.15, 0.2) is 48.5 Å². The highest BCUT2D eigenvalue weighted by molar-refractivity contribution is 6.30. The van der Waals surface area contributed by atoms with E-state index in [0.29, 0.717) is 30.5 Å². The number of aromatic nitrogens is 4. The van der Waals surface area contributed by atoms with Crippen LogP contribution in [0.25, 0.3) is 0 Å². The van der Waals surface area contributed by atoms with E-state index in [-0.39, 0.29) is 41.0 Å². The summed E-state index contributed by atoms with van der Waals surface area (Å²) >= 11 is 6.15. The first kappa shape index (κ1) is 29.8. The molecule has 2 aliphatic carbocycles. The molecule has 9 nitrogen and oxygen atoms in total. The van der Waals surface area contributed by atoms with Crippen molar-refractivity contribution in [2.75, 3.05) is 13.1 Å². The van der Waals surface area contributed by atoms with E-state index in [1.165, 1.54) is 11.1 Å². The van der Waals surface area contributed by atoms with E-state index >= 15 is 0 Å². The number of hydrogen-bond donors (Lipinski definition) is 2. The molecule has 6 atom stereocenters. The number of piperidine rings is 1. The molecule has 3 N–H and O–H groups in total. The largest absolute Gasteiger partial charge is 0.344 e. The molecule has 2 aromatic carbocycles. The summed E-state index contributed by atoms with van der Waals surface area (Å²) < 4.78 is 1.75. The second-order valence-electron chi connectivity index (χ2n) is 13.0. The molecule has 0 radical (unpaired) electrons. The molecule has 1 saturated heterocycles. The maximum absolute atomic E-state index is 14.2. The molecule has 5 unspecified atom stereocenters. The lowest BCUT2D eigenvalue weighted by molar-refractivity contribution is -0.140. The van der Waals surface area contributed by atoms with Gasteiger partial charge in [0.1, 0.15) is 6.04 Å². The zero-order valence-corrected chi connectivity index (χ0v) is 26.0. The van der Waals surface area contributed by atoms with Crippen LogP contribution >= 0.6 is 11.6 Å². The summed E-state index contributed by atoms with van der Waals surface area (Å²) in [5.74, 6) is 1.08. The number of hydrogen-bond acceptors (Lipinski definition) is 6. The lowest BCUT2D eigenvalue weighted by atomic mass is 9.66. The molecular weight excluding hydrogens is 562 g/mol. The van der Waals surface area contributed by atoms with E-state index in [0.717, 1.165) is 43.5 Å². The highest BCUT2D eigenvalue weighted by Crippen LogP contribution is 2.55. The van der Waals surface area contributed by atoms with Crippen molar-refractivity contribution in [1.82, 2.24) is 30.4 Å². The number of halogens is 1. The standard InChI is InChI=1S/C33H42ClN7O2/c1-4-20(2)33(19-28-37-38-39-40(28)3)13-15-41(16-14-33)32(43)27(17-21-9-11-22(34)12-10-21)36-31(42)29-25-18-26(30(29)35)24-8-6-5-7-23(24)25/h5-12,20,25-27,29-30H,4,13-19,35H2,1-3H3,(H,36,42)/t20?,25?,26?,27-,29?,30?/m1/s1. The molecule has 2 bridgehead atoms. The topological polar surface area (TPSA) is 119 Å². The fraction of sp³-hybridized carbons (Fsp3) is 0.545. The van der Waals surface area contributed by atoms with E-state index in [1.54, 1.807) is 4.68 Å². The molecule has 2 fully saturated rings. The molecule has 1 aromatic heterocycles. The number of amides is 2. The number of benzene rings is 2. The van der Waals surface area contributed by atoms with Gasteiger partial charge in [-0.3, -0.25) is 9.59 Å². The summed E-state index contributed by atoms with van der Waals surface area (Å²) in [7, 11) is 1.88. The van der Waals surface area contributed by atoms with Gasteiger partial charge in [-0.1, -0.05) is 68.3 Å². The van der Waals surface area contributed by atoms with Gasteiger partial charge in [0.25, 0.3) is 0 Å². The number of likely N-dealkylation sites (tertiary alicyclic amines) is 1. The molecule has 2 heterocycles. The molecule has 43 heavy (non-hydrogen) atoms. The number of rotatable bonds is 9. The van der Waals surface area contributed by atoms with Crippen molar-refractivity contribution in [2.24, 2.45) is 30.0 Å². The quantitative estimate of drug-likeness (QED) is 0.381. The zero-order chi connectivity index (χ0) is 30.3. The third-order valence-corrected chi connectivity index (χ3v) is 11.1. The Morgan fingerprint density at radius 3 is 2.40 bits per heavy atom. The fourth-order valence-electron chi connectivity index (χ4n) is 8.00. The summed E-state index contributed by atoms with van der Waals surface area (Å²) in [5, 5.41) is 16.0. The van der Waals surface area contributed by atoms with Gasteiger partial charge in [-0.2, -0.15) is 0 Å². The lowest BCUT2D eigenvalue weighted by Crippen LogP contribution is -2.56. The molecular formula is C33H42ClN7O2. The van der Waals surface area contributed by atoms with Crippen molar-refractivity contribution in [3.8, 4) is 0 Å². The van der Waals surface area contributed by atoms with E-state index in [4.69, 9.17) is 17.3 Å². The van der Waals surface area contributed by atoms with Gasteiger partial charge < -0.3 is 16.0 Å². The monoisotopic (exact) mass is 603 g/mol. The first-order chi connectivity index (χ1) is 20.7. The molecule has 3 aliphatic rings. The lowest BCUT2D eigenvalue weighted by Gasteiger charge is -2.46. The Labute approximate surface area is 258 Å². The van der Waals surface area contributed by atoms with Gasteiger partial charge in [0.05, 0.1) is 5.92 Å². The maximum Gasteiger partial charge on any atom is 0.245 e. The molecule has 0 spiro atoms. The Balaban J connectivity index is 1.20. The van der Waals surface area contributed by atoms with Gasteiger partial charge in [-0.05, 0) is 75.8 Å². The number of carbonyl (C=O) groups excluding carboxylic acids is 2. The van der Waals surface area contributed by atoms with E-state index in [9.17, 15) is 9.59 Å². The summed E-state index contributed by atoms with van der Waals surface area (Å²) in [6, 6.07) is 14.9. The van der Waals surface area contributed by atoms with Gasteiger partial charge in [-0.15, -0.1) is 5.10 Å². The molecule has 1 aliphatic heterocycles. The number of nitrogens with zero attached hydrogens (tertiary/aromatic N) is 5. The predicted octanol–water partition coefficient (Wildman–Crippen LogP) is 4.02. The Kier molecular flexibility index (Phi) is 8.31. The van der Waals surface area contributed by atoms with Crippen LogP contribution in [0, 0.1) is 17.3 Å². The number of tetrazole rings is 1.